The summed E-state index contributed by atoms with van der Waals surface area (Å²) in [6.45, 7) is 2.10. The Morgan fingerprint density at radius 3 is 2.12 bits per heavy atom. The highest BCUT2D eigenvalue weighted by Crippen LogP contribution is 2.29. The van der Waals surface area contributed by atoms with Crippen LogP contribution < -0.4 is 30.6 Å². The van der Waals surface area contributed by atoms with Crippen LogP contribution in [0.4, 0.5) is 0 Å². The van der Waals surface area contributed by atoms with Crippen molar-refractivity contribution in [2.45, 2.75) is 70.7 Å². The molecule has 0 aliphatic carbocycles. The minimum atomic E-state index is -1.08. The van der Waals surface area contributed by atoms with Crippen LogP contribution in [-0.4, -0.2) is 62.1 Å². The Bertz CT molecular complexity index is 2120. The van der Waals surface area contributed by atoms with Crippen molar-refractivity contribution < 1.29 is 38.2 Å². The number of nitrogens with one attached hydrogen (secondary N) is 2. The Morgan fingerprint density at radius 2 is 1.43 bits per heavy atom. The Morgan fingerprint density at radius 1 is 0.741 bits per heavy atom. The largest absolute Gasteiger partial charge is 0.497 e. The van der Waals surface area contributed by atoms with E-state index < -0.39 is 41.6 Å². The van der Waals surface area contributed by atoms with Crippen LogP contribution in [-0.2, 0) is 50.0 Å². The van der Waals surface area contributed by atoms with Crippen LogP contribution in [0.25, 0.3) is 10.1 Å². The molecule has 4 N–H and O–H groups in total. The molecule has 4 aromatic carbocycles. The van der Waals surface area contributed by atoms with Gasteiger partial charge in [0.1, 0.15) is 35.9 Å². The first-order chi connectivity index (χ1) is 28.1. The van der Waals surface area contributed by atoms with Crippen LogP contribution >= 0.6 is 11.3 Å². The van der Waals surface area contributed by atoms with Crippen molar-refractivity contribution in [2.24, 2.45) is 11.7 Å². The van der Waals surface area contributed by atoms with E-state index in [1.165, 1.54) is 12.2 Å². The van der Waals surface area contributed by atoms with E-state index in [4.69, 9.17) is 24.8 Å². The molecule has 3 atom stereocenters. The fraction of sp³-hybridized carbons (Fsp3) is 0.333. The number of carbonyl (C=O) groups excluding carboxylic acids is 4. The van der Waals surface area contributed by atoms with E-state index >= 15 is 0 Å². The summed E-state index contributed by atoms with van der Waals surface area (Å²) in [6, 6.07) is 27.6. The lowest BCUT2D eigenvalue weighted by Gasteiger charge is -2.27. The van der Waals surface area contributed by atoms with Crippen molar-refractivity contribution in [3.05, 3.63) is 125 Å². The lowest BCUT2D eigenvalue weighted by molar-refractivity contribution is -0.197. The van der Waals surface area contributed by atoms with E-state index in [0.717, 1.165) is 33.2 Å². The van der Waals surface area contributed by atoms with E-state index in [2.05, 4.69) is 10.6 Å². The van der Waals surface area contributed by atoms with Gasteiger partial charge in [0.05, 0.1) is 27.9 Å². The van der Waals surface area contributed by atoms with Gasteiger partial charge in [-0.25, -0.2) is 5.06 Å². The Labute approximate surface area is 343 Å². The minimum absolute atomic E-state index is 0.0243. The lowest BCUT2D eigenvalue weighted by atomic mass is 9.95. The summed E-state index contributed by atoms with van der Waals surface area (Å²) in [5.41, 5.74) is 8.94. The topological polar surface area (TPSA) is 159 Å². The number of unbranched alkanes of at least 4 members (excludes halogenated alkanes) is 1. The monoisotopic (exact) mass is 808 g/mol. The van der Waals surface area contributed by atoms with E-state index in [-0.39, 0.29) is 32.4 Å². The van der Waals surface area contributed by atoms with Crippen LogP contribution in [0.5, 0.6) is 17.2 Å². The van der Waals surface area contributed by atoms with Crippen molar-refractivity contribution in [2.75, 3.05) is 21.3 Å². The van der Waals surface area contributed by atoms with Gasteiger partial charge in [0.25, 0.3) is 0 Å². The Kier molecular flexibility index (Phi) is 16.1. The zero-order valence-corrected chi connectivity index (χ0v) is 34.2. The molecule has 5 rings (SSSR count). The van der Waals surface area contributed by atoms with Gasteiger partial charge in [0.2, 0.25) is 23.6 Å². The third kappa shape index (κ3) is 12.0. The van der Waals surface area contributed by atoms with Crippen LogP contribution in [0.1, 0.15) is 54.9 Å². The first-order valence-electron chi connectivity index (χ1n) is 19.3. The number of hydrogen-bond donors (Lipinski definition) is 3. The maximum Gasteiger partial charge on any atom is 0.247 e. The smallest absolute Gasteiger partial charge is 0.247 e. The number of amides is 4. The van der Waals surface area contributed by atoms with Crippen molar-refractivity contribution in [1.29, 1.82) is 0 Å². The molecule has 0 bridgehead atoms. The summed E-state index contributed by atoms with van der Waals surface area (Å²) in [7, 11) is 4.68. The van der Waals surface area contributed by atoms with Gasteiger partial charge in [-0.05, 0) is 64.2 Å². The molecule has 0 unspecified atom stereocenters. The number of hydrogen-bond acceptors (Lipinski definition) is 9. The highest BCUT2D eigenvalue weighted by atomic mass is 32.1. The number of fused-ring (bicyclic) bond motifs is 1. The fourth-order valence-corrected chi connectivity index (χ4v) is 7.54. The van der Waals surface area contributed by atoms with Gasteiger partial charge in [-0.2, -0.15) is 0 Å². The number of primary amides is 1. The second-order valence-corrected chi connectivity index (χ2v) is 14.9. The summed E-state index contributed by atoms with van der Waals surface area (Å²) in [5.74, 6) is -1.17. The van der Waals surface area contributed by atoms with Gasteiger partial charge in [-0.1, -0.05) is 80.4 Å². The maximum absolute atomic E-state index is 14.4. The summed E-state index contributed by atoms with van der Waals surface area (Å²) in [6.07, 6.45) is 1.98. The third-order valence-corrected chi connectivity index (χ3v) is 10.9. The number of hydroxylamine groups is 2. The van der Waals surface area contributed by atoms with Gasteiger partial charge >= 0.3 is 0 Å². The van der Waals surface area contributed by atoms with E-state index in [1.807, 2.05) is 79.0 Å². The molecular formula is C45H52N4O8S. The molecule has 12 nitrogen and oxygen atoms in total. The van der Waals surface area contributed by atoms with E-state index in [0.29, 0.717) is 35.7 Å². The summed E-state index contributed by atoms with van der Waals surface area (Å²) in [5, 5.41) is 9.97. The van der Waals surface area contributed by atoms with Gasteiger partial charge < -0.3 is 30.6 Å². The van der Waals surface area contributed by atoms with Crippen LogP contribution in [0.3, 0.4) is 0 Å². The molecule has 0 aliphatic heterocycles. The SMILES string of the molecule is CCCC[C@H](CC(=O)N(Cc1ccc(OC)cc1OC)OCc1ccc(OC)cc1)C(=O)N[C@@H](Cc1csc2ccccc12)C(=O)N[C@H](Cc1ccccc1)C(N)=O. The number of rotatable bonds is 22. The number of benzene rings is 4. The predicted octanol–water partition coefficient (Wildman–Crippen LogP) is 6.52. The van der Waals surface area contributed by atoms with Crippen molar-refractivity contribution in [3.8, 4) is 17.2 Å². The Hall–Kier alpha value is -5.92. The van der Waals surface area contributed by atoms with Gasteiger partial charge in [0, 0.05) is 41.5 Å². The molecule has 0 saturated carbocycles. The second-order valence-electron chi connectivity index (χ2n) is 13.9. The third-order valence-electron chi connectivity index (χ3n) is 9.89. The Balaban J connectivity index is 1.40. The van der Waals surface area contributed by atoms with Crippen molar-refractivity contribution in [3.63, 3.8) is 0 Å². The average Bonchev–Trinajstić information content (AvgIpc) is 3.66. The quantitative estimate of drug-likeness (QED) is 0.0667. The normalized spacial score (nSPS) is 12.6. The number of methoxy groups -OCH3 is 3. The molecule has 1 aromatic heterocycles. The molecule has 58 heavy (non-hydrogen) atoms. The highest BCUT2D eigenvalue weighted by Gasteiger charge is 2.32. The van der Waals surface area contributed by atoms with Gasteiger partial charge in [-0.15, -0.1) is 11.3 Å². The molecule has 0 saturated heterocycles. The van der Waals surface area contributed by atoms with Gasteiger partial charge in [0.15, 0.2) is 0 Å². The average molecular weight is 809 g/mol. The number of nitrogens with two attached hydrogens (primary N) is 1. The van der Waals surface area contributed by atoms with Crippen molar-refractivity contribution >= 4 is 45.1 Å². The highest BCUT2D eigenvalue weighted by molar-refractivity contribution is 7.17. The molecule has 13 heteroatoms. The molecular weight excluding hydrogens is 757 g/mol. The van der Waals surface area contributed by atoms with E-state index in [1.54, 1.807) is 55.9 Å². The van der Waals surface area contributed by atoms with Crippen LogP contribution in [0.2, 0.25) is 0 Å². The molecule has 1 heterocycles. The molecule has 4 amide bonds. The number of thiophene rings is 1. The zero-order chi connectivity index (χ0) is 41.4. The maximum atomic E-state index is 14.4. The molecule has 0 spiro atoms. The number of carbonyl (C=O) groups is 4. The van der Waals surface area contributed by atoms with Crippen LogP contribution in [0.15, 0.2) is 102 Å². The standard InChI is InChI=1S/C45H52N4O8S/c1-5-6-14-32(25-42(50)49(57-28-31-17-20-35(54-2)21-18-31)27-33-19-22-36(55-3)26-40(33)56-4)44(52)48-39(24-34-29-58-41-16-11-10-15-37(34)41)45(53)47-38(43(46)51)23-30-12-8-7-9-13-30/h7-13,15-22,26,29,32,38-39H,5-6,14,23-25,27-28H2,1-4H3,(H2,46,51)(H,47,53)(H,48,52)/t32-,38-,39+/m1/s1. The first kappa shape index (κ1) is 43.2. The first-order valence-corrected chi connectivity index (χ1v) is 20.2. The number of ether oxygens (including phenoxy) is 3. The second kappa shape index (κ2) is 21.6. The molecule has 5 aromatic rings. The lowest BCUT2D eigenvalue weighted by Crippen LogP contribution is -2.55. The molecule has 0 radical (unpaired) electrons. The molecule has 0 aliphatic rings. The van der Waals surface area contributed by atoms with Crippen LogP contribution in [0, 0.1) is 5.92 Å². The van der Waals surface area contributed by atoms with E-state index in [9.17, 15) is 19.2 Å². The summed E-state index contributed by atoms with van der Waals surface area (Å²) in [4.78, 5) is 61.6. The van der Waals surface area contributed by atoms with Crippen molar-refractivity contribution in [1.82, 2.24) is 15.7 Å². The predicted molar refractivity (Wildman–Crippen MR) is 224 cm³/mol. The summed E-state index contributed by atoms with van der Waals surface area (Å²) >= 11 is 1.54. The van der Waals surface area contributed by atoms with Gasteiger partial charge in [-0.3, -0.25) is 24.0 Å². The summed E-state index contributed by atoms with van der Waals surface area (Å²) < 4.78 is 17.3. The number of nitrogens with zero attached hydrogens (tertiary/aromatic N) is 1. The molecule has 0 fully saturated rings. The fourth-order valence-electron chi connectivity index (χ4n) is 6.56. The molecule has 306 valence electrons. The minimum Gasteiger partial charge on any atom is -0.497 e. The zero-order valence-electron chi connectivity index (χ0n) is 33.4.